The van der Waals surface area contributed by atoms with Crippen molar-refractivity contribution in [2.24, 2.45) is 11.7 Å². The Hall–Kier alpha value is -1.14. The average molecular weight is 402 g/mol. The van der Waals surface area contributed by atoms with Gasteiger partial charge >= 0.3 is 0 Å². The summed E-state index contributed by atoms with van der Waals surface area (Å²) in [7, 11) is 0. The highest BCUT2D eigenvalue weighted by Gasteiger charge is 2.29. The van der Waals surface area contributed by atoms with Crippen LogP contribution in [0.5, 0.6) is 0 Å². The molecule has 2 atom stereocenters. The molecule has 1 aromatic heterocycles. The van der Waals surface area contributed by atoms with Crippen molar-refractivity contribution in [3.63, 3.8) is 0 Å². The molecule has 2 N–H and O–H groups in total. The number of rotatable bonds is 4. The molecule has 0 spiro atoms. The summed E-state index contributed by atoms with van der Waals surface area (Å²) >= 11 is 1.59. The minimum atomic E-state index is 0. The van der Waals surface area contributed by atoms with Crippen LogP contribution in [0.1, 0.15) is 25.5 Å². The molecule has 7 heteroatoms. The summed E-state index contributed by atoms with van der Waals surface area (Å²) in [6.07, 6.45) is 2.44. The number of aromatic nitrogens is 1. The van der Waals surface area contributed by atoms with E-state index in [0.29, 0.717) is 18.9 Å². The maximum Gasteiger partial charge on any atom is 0.228 e. The first-order chi connectivity index (χ1) is 11.2. The van der Waals surface area contributed by atoms with Gasteiger partial charge in [0.1, 0.15) is 5.01 Å². The molecule has 4 nitrogen and oxygen atoms in total. The van der Waals surface area contributed by atoms with E-state index in [4.69, 9.17) is 5.73 Å². The third kappa shape index (κ3) is 5.42. The molecule has 1 aromatic carbocycles. The molecular weight excluding hydrogens is 377 g/mol. The van der Waals surface area contributed by atoms with Crippen LogP contribution in [-0.2, 0) is 11.2 Å². The number of likely N-dealkylation sites (tertiary alicyclic amines) is 1. The van der Waals surface area contributed by atoms with Crippen LogP contribution in [0.3, 0.4) is 0 Å². The number of nitrogens with two attached hydrogens (primary N) is 1. The number of hydrogen-bond donors (Lipinski definition) is 1. The van der Waals surface area contributed by atoms with Gasteiger partial charge in [-0.3, -0.25) is 4.79 Å². The second kappa shape index (κ2) is 10.1. The highest BCUT2D eigenvalue weighted by Crippen LogP contribution is 2.25. The van der Waals surface area contributed by atoms with Crippen LogP contribution in [0, 0.1) is 5.92 Å². The molecule has 0 aliphatic carbocycles. The van der Waals surface area contributed by atoms with E-state index in [9.17, 15) is 4.79 Å². The number of piperidine rings is 1. The van der Waals surface area contributed by atoms with Crippen LogP contribution < -0.4 is 5.73 Å². The Balaban J connectivity index is 0.00000156. The molecule has 2 aromatic rings. The van der Waals surface area contributed by atoms with Gasteiger partial charge < -0.3 is 10.6 Å². The van der Waals surface area contributed by atoms with E-state index in [1.165, 1.54) is 0 Å². The fraction of sp³-hybridized carbons (Fsp3) is 0.444. The first-order valence-corrected chi connectivity index (χ1v) is 9.04. The van der Waals surface area contributed by atoms with E-state index < -0.39 is 0 Å². The molecule has 2 heterocycles. The molecule has 1 amide bonds. The van der Waals surface area contributed by atoms with Crippen LogP contribution >= 0.6 is 36.2 Å². The van der Waals surface area contributed by atoms with Gasteiger partial charge in [-0.15, -0.1) is 36.2 Å². The molecule has 0 bridgehead atoms. The standard InChI is InChI=1S/C18H23N3OS.2ClH/c1-13-7-8-21(16(9-13)11-19)17(22)10-15-12-23-18(20-15)14-5-3-2-4-6-14;;/h2-6,12-13,16H,7-11,19H2,1H3;2*1H. The zero-order valence-electron chi connectivity index (χ0n) is 14.3. The largest absolute Gasteiger partial charge is 0.338 e. The number of thiazole rings is 1. The van der Waals surface area contributed by atoms with Crippen LogP contribution in [0.2, 0.25) is 0 Å². The van der Waals surface area contributed by atoms with E-state index in [0.717, 1.165) is 35.7 Å². The van der Waals surface area contributed by atoms with Gasteiger partial charge in [0.05, 0.1) is 12.1 Å². The molecule has 1 aliphatic heterocycles. The topological polar surface area (TPSA) is 59.2 Å². The first-order valence-electron chi connectivity index (χ1n) is 8.16. The fourth-order valence-corrected chi connectivity index (χ4v) is 3.99. The number of hydrogen-bond acceptors (Lipinski definition) is 4. The quantitative estimate of drug-likeness (QED) is 0.847. The van der Waals surface area contributed by atoms with Crippen molar-refractivity contribution < 1.29 is 4.79 Å². The molecular formula is C18H25Cl2N3OS. The van der Waals surface area contributed by atoms with Gasteiger partial charge in [0.15, 0.2) is 0 Å². The lowest BCUT2D eigenvalue weighted by Gasteiger charge is -2.38. The summed E-state index contributed by atoms with van der Waals surface area (Å²) < 4.78 is 0. The Labute approximate surface area is 165 Å². The zero-order valence-corrected chi connectivity index (χ0v) is 16.7. The Morgan fingerprint density at radius 3 is 2.72 bits per heavy atom. The number of carbonyl (C=O) groups excluding carboxylic acids is 1. The number of nitrogens with zero attached hydrogens (tertiary/aromatic N) is 2. The lowest BCUT2D eigenvalue weighted by molar-refractivity contribution is -0.134. The summed E-state index contributed by atoms with van der Waals surface area (Å²) in [6.45, 7) is 3.59. The maximum atomic E-state index is 12.6. The molecule has 0 radical (unpaired) electrons. The third-order valence-electron chi connectivity index (χ3n) is 4.48. The monoisotopic (exact) mass is 401 g/mol. The van der Waals surface area contributed by atoms with Gasteiger partial charge in [0.2, 0.25) is 5.91 Å². The van der Waals surface area contributed by atoms with Crippen molar-refractivity contribution in [2.75, 3.05) is 13.1 Å². The lowest BCUT2D eigenvalue weighted by Crippen LogP contribution is -2.49. The molecule has 1 aliphatic rings. The van der Waals surface area contributed by atoms with E-state index in [1.807, 2.05) is 40.6 Å². The van der Waals surface area contributed by atoms with E-state index >= 15 is 0 Å². The van der Waals surface area contributed by atoms with Gasteiger partial charge in [-0.2, -0.15) is 0 Å². The summed E-state index contributed by atoms with van der Waals surface area (Å²) in [5.74, 6) is 0.800. The molecule has 3 rings (SSSR count). The normalized spacial score (nSPS) is 19.7. The van der Waals surface area contributed by atoms with Crippen molar-refractivity contribution in [3.8, 4) is 10.6 Å². The summed E-state index contributed by atoms with van der Waals surface area (Å²) in [5, 5.41) is 2.96. The molecule has 138 valence electrons. The first kappa shape index (κ1) is 21.9. The molecule has 0 saturated carbocycles. The second-order valence-corrected chi connectivity index (χ2v) is 7.15. The fourth-order valence-electron chi connectivity index (χ4n) is 3.16. The Bertz CT molecular complexity index is 665. The Morgan fingerprint density at radius 2 is 2.04 bits per heavy atom. The molecule has 25 heavy (non-hydrogen) atoms. The zero-order chi connectivity index (χ0) is 16.2. The predicted molar refractivity (Wildman–Crippen MR) is 109 cm³/mol. The van der Waals surface area contributed by atoms with Crippen molar-refractivity contribution >= 4 is 42.1 Å². The second-order valence-electron chi connectivity index (χ2n) is 6.29. The summed E-state index contributed by atoms with van der Waals surface area (Å²) in [6, 6.07) is 10.3. The number of amides is 1. The van der Waals surface area contributed by atoms with E-state index in [-0.39, 0.29) is 36.8 Å². The Kier molecular flexibility index (Phi) is 8.86. The van der Waals surface area contributed by atoms with Gasteiger partial charge in [-0.1, -0.05) is 37.3 Å². The number of carbonyl (C=O) groups is 1. The molecule has 2 unspecified atom stereocenters. The summed E-state index contributed by atoms with van der Waals surface area (Å²) in [5.41, 5.74) is 7.81. The number of benzene rings is 1. The van der Waals surface area contributed by atoms with E-state index in [2.05, 4.69) is 11.9 Å². The minimum Gasteiger partial charge on any atom is -0.338 e. The van der Waals surface area contributed by atoms with Gasteiger partial charge in [0, 0.05) is 30.1 Å². The van der Waals surface area contributed by atoms with Crippen molar-refractivity contribution in [2.45, 2.75) is 32.2 Å². The Morgan fingerprint density at radius 1 is 1.32 bits per heavy atom. The SMILES string of the molecule is CC1CCN(C(=O)Cc2csc(-c3ccccc3)n2)C(CN)C1.Cl.Cl. The van der Waals surface area contributed by atoms with Gasteiger partial charge in [-0.05, 0) is 18.8 Å². The highest BCUT2D eigenvalue weighted by atomic mass is 35.5. The van der Waals surface area contributed by atoms with Crippen molar-refractivity contribution in [1.29, 1.82) is 0 Å². The van der Waals surface area contributed by atoms with Crippen LogP contribution in [0.15, 0.2) is 35.7 Å². The van der Waals surface area contributed by atoms with Crippen molar-refractivity contribution in [3.05, 3.63) is 41.4 Å². The van der Waals surface area contributed by atoms with Crippen LogP contribution in [0.25, 0.3) is 10.6 Å². The van der Waals surface area contributed by atoms with Gasteiger partial charge in [-0.25, -0.2) is 4.98 Å². The minimum absolute atomic E-state index is 0. The lowest BCUT2D eigenvalue weighted by atomic mass is 9.92. The van der Waals surface area contributed by atoms with Crippen LogP contribution in [-0.4, -0.2) is 34.9 Å². The summed E-state index contributed by atoms with van der Waals surface area (Å²) in [4.78, 5) is 19.2. The smallest absolute Gasteiger partial charge is 0.228 e. The molecule has 1 fully saturated rings. The highest BCUT2D eigenvalue weighted by molar-refractivity contribution is 7.13. The third-order valence-corrected chi connectivity index (χ3v) is 5.42. The maximum absolute atomic E-state index is 12.6. The van der Waals surface area contributed by atoms with E-state index in [1.54, 1.807) is 11.3 Å². The number of halogens is 2. The van der Waals surface area contributed by atoms with Crippen LogP contribution in [0.4, 0.5) is 0 Å². The van der Waals surface area contributed by atoms with Crippen molar-refractivity contribution in [1.82, 2.24) is 9.88 Å². The average Bonchev–Trinajstić information content (AvgIpc) is 3.04. The molecule has 1 saturated heterocycles. The predicted octanol–water partition coefficient (Wildman–Crippen LogP) is 3.78. The van der Waals surface area contributed by atoms with Gasteiger partial charge in [0.25, 0.3) is 0 Å².